The third kappa shape index (κ3) is 8.33. The molecule has 1 aliphatic rings. The average molecular weight is 714 g/mol. The van der Waals surface area contributed by atoms with Crippen LogP contribution in [-0.4, -0.2) is 70.9 Å². The Balaban J connectivity index is 0.880. The maximum absolute atomic E-state index is 15.3. The molecule has 53 heavy (non-hydrogen) atoms. The van der Waals surface area contributed by atoms with E-state index in [9.17, 15) is 14.0 Å². The van der Waals surface area contributed by atoms with E-state index in [0.29, 0.717) is 72.1 Å². The minimum atomic E-state index is -0.426. The molecule has 268 valence electrons. The molecule has 4 aromatic carbocycles. The third-order valence-electron chi connectivity index (χ3n) is 9.03. The number of rotatable bonds is 10. The van der Waals surface area contributed by atoms with Crippen LogP contribution >= 0.6 is 0 Å². The van der Waals surface area contributed by atoms with E-state index in [1.165, 1.54) is 29.2 Å². The number of carbonyl (C=O) groups excluding carboxylic acids is 2. The molecule has 0 unspecified atom stereocenters. The van der Waals surface area contributed by atoms with Gasteiger partial charge in [-0.15, -0.1) is 0 Å². The molecular weight excluding hydrogens is 676 g/mol. The Bertz CT molecular complexity index is 2200. The first-order valence-corrected chi connectivity index (χ1v) is 17.3. The van der Waals surface area contributed by atoms with Crippen molar-refractivity contribution in [3.8, 4) is 33.7 Å². The molecule has 3 heterocycles. The highest BCUT2D eigenvalue weighted by Gasteiger charge is 2.22. The van der Waals surface area contributed by atoms with Crippen LogP contribution in [0, 0.1) is 18.6 Å². The summed E-state index contributed by atoms with van der Waals surface area (Å²) >= 11 is 0. The maximum Gasteiger partial charge on any atom is 0.322 e. The molecule has 0 spiro atoms. The average Bonchev–Trinajstić information content (AvgIpc) is 3.66. The molecule has 2 aromatic heterocycles. The number of aryl methyl sites for hydroxylation is 1. The van der Waals surface area contributed by atoms with Gasteiger partial charge in [0.2, 0.25) is 0 Å². The van der Waals surface area contributed by atoms with Crippen LogP contribution in [-0.2, 0) is 0 Å². The van der Waals surface area contributed by atoms with Crippen LogP contribution in [0.4, 0.5) is 25.0 Å². The summed E-state index contributed by atoms with van der Waals surface area (Å²) < 4.78 is 36.8. The number of halogens is 2. The number of hydrogen-bond donors (Lipinski definition) is 2. The highest BCUT2D eigenvalue weighted by atomic mass is 19.1. The van der Waals surface area contributed by atoms with Crippen molar-refractivity contribution in [1.82, 2.24) is 25.0 Å². The Hall–Kier alpha value is -6.56. The maximum atomic E-state index is 15.3. The monoisotopic (exact) mass is 713 g/mol. The predicted molar refractivity (Wildman–Crippen MR) is 200 cm³/mol. The SMILES string of the molecule is Cc1ccc(C(=O)NCCOc2ccc(-c3ccc(-n4cc(NC(=O)N5CCN(c6ccc(-c7ccccc7F)cc6)CC5)cn4)cc3F)cc2)cn1. The minimum Gasteiger partial charge on any atom is -0.492 e. The number of urea groups is 1. The smallest absolute Gasteiger partial charge is 0.322 e. The fraction of sp³-hybridized carbons (Fsp3) is 0.171. The second kappa shape index (κ2) is 15.8. The number of amides is 3. The quantitative estimate of drug-likeness (QED) is 0.144. The summed E-state index contributed by atoms with van der Waals surface area (Å²) in [5.41, 5.74) is 5.81. The first-order chi connectivity index (χ1) is 25.8. The van der Waals surface area contributed by atoms with Crippen LogP contribution in [0.2, 0.25) is 0 Å². The second-order valence-corrected chi connectivity index (χ2v) is 12.6. The molecule has 0 bridgehead atoms. The number of carbonyl (C=O) groups is 2. The van der Waals surface area contributed by atoms with Crippen LogP contribution in [0.5, 0.6) is 5.75 Å². The molecule has 3 amide bonds. The Morgan fingerprint density at radius 2 is 1.47 bits per heavy atom. The zero-order chi connectivity index (χ0) is 36.7. The lowest BCUT2D eigenvalue weighted by Crippen LogP contribution is -2.50. The first kappa shape index (κ1) is 34.9. The van der Waals surface area contributed by atoms with E-state index in [0.717, 1.165) is 16.9 Å². The van der Waals surface area contributed by atoms with Crippen LogP contribution < -0.4 is 20.3 Å². The fourth-order valence-electron chi connectivity index (χ4n) is 6.09. The minimum absolute atomic E-state index is 0.222. The molecule has 1 saturated heterocycles. The van der Waals surface area contributed by atoms with Gasteiger partial charge in [0.05, 0.1) is 35.9 Å². The standard InChI is InChI=1S/C41H37F2N7O3/c1-28-6-7-31(25-45-28)40(51)44-18-23-53-35-15-10-30(11-16-35)37-17-14-34(24-39(37)43)50-27-32(26-46-50)47-41(52)49-21-19-48(20-22-49)33-12-8-29(9-13-33)36-4-2-3-5-38(36)42/h2-17,24-27H,18-23H2,1H3,(H,44,51)(H,47,52). The van der Waals surface area contributed by atoms with Crippen LogP contribution in [0.3, 0.4) is 0 Å². The van der Waals surface area contributed by atoms with Gasteiger partial charge in [0.25, 0.3) is 5.91 Å². The van der Waals surface area contributed by atoms with E-state index in [4.69, 9.17) is 4.74 Å². The second-order valence-electron chi connectivity index (χ2n) is 12.6. The van der Waals surface area contributed by atoms with Gasteiger partial charge in [0, 0.05) is 61.0 Å². The van der Waals surface area contributed by atoms with E-state index in [-0.39, 0.29) is 24.4 Å². The summed E-state index contributed by atoms with van der Waals surface area (Å²) in [6.45, 7) is 4.80. The zero-order valence-electron chi connectivity index (χ0n) is 29.0. The Kier molecular flexibility index (Phi) is 10.4. The van der Waals surface area contributed by atoms with Crippen molar-refractivity contribution in [3.63, 3.8) is 0 Å². The molecule has 2 N–H and O–H groups in total. The van der Waals surface area contributed by atoms with Gasteiger partial charge in [-0.3, -0.25) is 9.78 Å². The molecule has 12 heteroatoms. The van der Waals surface area contributed by atoms with Crippen LogP contribution in [0.1, 0.15) is 16.1 Å². The molecule has 10 nitrogen and oxygen atoms in total. The summed E-state index contributed by atoms with van der Waals surface area (Å²) in [6.07, 6.45) is 4.71. The number of nitrogens with zero attached hydrogens (tertiary/aromatic N) is 5. The Morgan fingerprint density at radius 1 is 0.774 bits per heavy atom. The molecule has 0 atom stereocenters. The van der Waals surface area contributed by atoms with Crippen molar-refractivity contribution >= 4 is 23.3 Å². The van der Waals surface area contributed by atoms with Crippen molar-refractivity contribution in [2.75, 3.05) is 49.5 Å². The molecule has 1 fully saturated rings. The third-order valence-corrected chi connectivity index (χ3v) is 9.03. The first-order valence-electron chi connectivity index (χ1n) is 17.3. The normalized spacial score (nSPS) is 12.7. The van der Waals surface area contributed by atoms with Crippen LogP contribution in [0.25, 0.3) is 27.9 Å². The summed E-state index contributed by atoms with van der Waals surface area (Å²) in [6, 6.07) is 29.6. The number of benzene rings is 4. The topological polar surface area (TPSA) is 105 Å². The largest absolute Gasteiger partial charge is 0.492 e. The van der Waals surface area contributed by atoms with Crippen molar-refractivity contribution in [2.24, 2.45) is 0 Å². The highest BCUT2D eigenvalue weighted by molar-refractivity contribution is 5.93. The van der Waals surface area contributed by atoms with Crippen molar-refractivity contribution in [2.45, 2.75) is 6.92 Å². The molecule has 0 radical (unpaired) electrons. The fourth-order valence-corrected chi connectivity index (χ4v) is 6.09. The molecule has 0 saturated carbocycles. The van der Waals surface area contributed by atoms with Crippen molar-refractivity contribution < 1.29 is 23.1 Å². The summed E-state index contributed by atoms with van der Waals surface area (Å²) in [5, 5.41) is 10.0. The number of nitrogens with one attached hydrogen (secondary N) is 2. The van der Waals surface area contributed by atoms with Gasteiger partial charge in [-0.1, -0.05) is 42.5 Å². The number of hydrogen-bond acceptors (Lipinski definition) is 6. The van der Waals surface area contributed by atoms with E-state index >= 15 is 4.39 Å². The zero-order valence-corrected chi connectivity index (χ0v) is 29.0. The molecular formula is C41H37F2N7O3. The number of aromatic nitrogens is 3. The highest BCUT2D eigenvalue weighted by Crippen LogP contribution is 2.28. The van der Waals surface area contributed by atoms with Gasteiger partial charge in [-0.25, -0.2) is 18.3 Å². The van der Waals surface area contributed by atoms with E-state index in [1.54, 1.807) is 71.8 Å². The van der Waals surface area contributed by atoms with Gasteiger partial charge in [0.15, 0.2) is 0 Å². The lowest BCUT2D eigenvalue weighted by Gasteiger charge is -2.36. The van der Waals surface area contributed by atoms with Gasteiger partial charge in [-0.05, 0) is 72.6 Å². The molecule has 7 rings (SSSR count). The Morgan fingerprint density at radius 3 is 2.17 bits per heavy atom. The number of anilines is 2. The predicted octanol–water partition coefficient (Wildman–Crippen LogP) is 7.35. The summed E-state index contributed by atoms with van der Waals surface area (Å²) in [4.78, 5) is 33.4. The van der Waals surface area contributed by atoms with Crippen LogP contribution in [0.15, 0.2) is 122 Å². The van der Waals surface area contributed by atoms with E-state index in [2.05, 4.69) is 25.6 Å². The van der Waals surface area contributed by atoms with Crippen molar-refractivity contribution in [1.29, 1.82) is 0 Å². The summed E-state index contributed by atoms with van der Waals surface area (Å²) in [5.74, 6) is -0.307. The van der Waals surface area contributed by atoms with Gasteiger partial charge in [-0.2, -0.15) is 5.10 Å². The number of piperazine rings is 1. The molecule has 1 aliphatic heterocycles. The van der Waals surface area contributed by atoms with E-state index in [1.807, 2.05) is 37.3 Å². The number of ether oxygens (including phenoxy) is 1. The van der Waals surface area contributed by atoms with E-state index < -0.39 is 5.82 Å². The van der Waals surface area contributed by atoms with Gasteiger partial charge < -0.3 is 25.2 Å². The van der Waals surface area contributed by atoms with Crippen molar-refractivity contribution in [3.05, 3.63) is 145 Å². The molecule has 6 aromatic rings. The lowest BCUT2D eigenvalue weighted by molar-refractivity contribution is 0.0946. The summed E-state index contributed by atoms with van der Waals surface area (Å²) in [7, 11) is 0. The lowest BCUT2D eigenvalue weighted by atomic mass is 10.0. The van der Waals surface area contributed by atoms with Gasteiger partial charge >= 0.3 is 6.03 Å². The molecule has 0 aliphatic carbocycles. The number of pyridine rings is 1. The Labute approximate surface area is 305 Å². The van der Waals surface area contributed by atoms with Gasteiger partial charge in [0.1, 0.15) is 24.0 Å².